The van der Waals surface area contributed by atoms with Gasteiger partial charge in [-0.2, -0.15) is 0 Å². The van der Waals surface area contributed by atoms with Crippen LogP contribution in [0.2, 0.25) is 0 Å². The average molecular weight is 250 g/mol. The van der Waals surface area contributed by atoms with E-state index in [1.807, 2.05) is 38.1 Å². The molecule has 1 atom stereocenters. The second kappa shape index (κ2) is 7.13. The van der Waals surface area contributed by atoms with Gasteiger partial charge in [0.2, 0.25) is 5.91 Å². The molecule has 0 fully saturated rings. The van der Waals surface area contributed by atoms with Gasteiger partial charge < -0.3 is 16.2 Å². The van der Waals surface area contributed by atoms with Gasteiger partial charge >= 0.3 is 0 Å². The number of carbonyl (C=O) groups is 1. The lowest BCUT2D eigenvalue weighted by Crippen LogP contribution is -2.33. The molecule has 0 saturated heterocycles. The number of nitrogens with one attached hydrogen (secondary N) is 1. The molecule has 1 aromatic carbocycles. The van der Waals surface area contributed by atoms with Gasteiger partial charge in [0.25, 0.3) is 0 Å². The normalized spacial score (nSPS) is 12.5. The number of aliphatic hydroxyl groups excluding tert-OH is 1. The van der Waals surface area contributed by atoms with E-state index in [4.69, 9.17) is 10.8 Å². The molecule has 18 heavy (non-hydrogen) atoms. The maximum absolute atomic E-state index is 12.0. The van der Waals surface area contributed by atoms with Crippen LogP contribution in [0.25, 0.3) is 0 Å². The second-order valence-electron chi connectivity index (χ2n) is 4.75. The summed E-state index contributed by atoms with van der Waals surface area (Å²) >= 11 is 0. The zero-order valence-electron chi connectivity index (χ0n) is 11.0. The predicted octanol–water partition coefficient (Wildman–Crippen LogP) is 1.39. The first-order valence-corrected chi connectivity index (χ1v) is 6.29. The Morgan fingerprint density at radius 3 is 2.39 bits per heavy atom. The number of hydrogen-bond donors (Lipinski definition) is 3. The Balaban J connectivity index is 2.64. The number of nitrogens with two attached hydrogens (primary N) is 1. The van der Waals surface area contributed by atoms with E-state index in [0.29, 0.717) is 13.0 Å². The summed E-state index contributed by atoms with van der Waals surface area (Å²) in [6, 6.07) is 7.49. The molecule has 1 unspecified atom stereocenters. The van der Waals surface area contributed by atoms with Gasteiger partial charge in [0.15, 0.2) is 0 Å². The quantitative estimate of drug-likeness (QED) is 0.714. The second-order valence-corrected chi connectivity index (χ2v) is 4.75. The molecule has 100 valence electrons. The molecule has 0 aromatic heterocycles. The highest BCUT2D eigenvalue weighted by Gasteiger charge is 2.20. The van der Waals surface area contributed by atoms with Gasteiger partial charge in [0, 0.05) is 18.8 Å². The van der Waals surface area contributed by atoms with Crippen LogP contribution in [0, 0.1) is 11.8 Å². The highest BCUT2D eigenvalue weighted by Crippen LogP contribution is 2.15. The third-order valence-electron chi connectivity index (χ3n) is 3.02. The summed E-state index contributed by atoms with van der Waals surface area (Å²) in [5, 5.41) is 11.7. The lowest BCUT2D eigenvalue weighted by atomic mass is 9.95. The van der Waals surface area contributed by atoms with Crippen molar-refractivity contribution in [3.63, 3.8) is 0 Å². The Kier molecular flexibility index (Phi) is 5.82. The van der Waals surface area contributed by atoms with Crippen molar-refractivity contribution in [3.8, 4) is 0 Å². The van der Waals surface area contributed by atoms with E-state index in [1.165, 1.54) is 0 Å². The minimum atomic E-state index is -0.165. The van der Waals surface area contributed by atoms with Crippen LogP contribution in [0.1, 0.15) is 19.4 Å². The standard InChI is InChI=1S/C14H22N2O2/c1-10(2)13(9-15)14(18)16-12-5-3-11(4-6-12)7-8-17/h3-6,10,13,17H,7-9,15H2,1-2H3,(H,16,18). The Labute approximate surface area is 108 Å². The number of carbonyl (C=O) groups excluding carboxylic acids is 1. The number of amides is 1. The third kappa shape index (κ3) is 4.13. The van der Waals surface area contributed by atoms with Crippen LogP contribution in [0.4, 0.5) is 5.69 Å². The Hall–Kier alpha value is -1.39. The third-order valence-corrected chi connectivity index (χ3v) is 3.02. The molecule has 0 heterocycles. The predicted molar refractivity (Wildman–Crippen MR) is 73.2 cm³/mol. The minimum absolute atomic E-state index is 0.0394. The van der Waals surface area contributed by atoms with Crippen LogP contribution in [0.3, 0.4) is 0 Å². The van der Waals surface area contributed by atoms with Gasteiger partial charge in [-0.05, 0) is 30.0 Å². The monoisotopic (exact) mass is 250 g/mol. The van der Waals surface area contributed by atoms with Crippen LogP contribution < -0.4 is 11.1 Å². The van der Waals surface area contributed by atoms with E-state index in [9.17, 15) is 4.79 Å². The van der Waals surface area contributed by atoms with Gasteiger partial charge in [0.1, 0.15) is 0 Å². The zero-order valence-corrected chi connectivity index (χ0v) is 11.0. The van der Waals surface area contributed by atoms with Crippen LogP contribution >= 0.6 is 0 Å². The lowest BCUT2D eigenvalue weighted by Gasteiger charge is -2.18. The number of rotatable bonds is 6. The summed E-state index contributed by atoms with van der Waals surface area (Å²) in [5.74, 6) is 0.0215. The van der Waals surface area contributed by atoms with E-state index in [0.717, 1.165) is 11.3 Å². The van der Waals surface area contributed by atoms with Crippen molar-refractivity contribution < 1.29 is 9.90 Å². The fourth-order valence-corrected chi connectivity index (χ4v) is 1.80. The number of benzene rings is 1. The average Bonchev–Trinajstić information content (AvgIpc) is 2.32. The molecule has 0 saturated carbocycles. The van der Waals surface area contributed by atoms with Crippen molar-refractivity contribution in [2.75, 3.05) is 18.5 Å². The van der Waals surface area contributed by atoms with Crippen LogP contribution in [0.15, 0.2) is 24.3 Å². The molecule has 0 aliphatic rings. The van der Waals surface area contributed by atoms with Crippen LogP contribution in [-0.4, -0.2) is 24.2 Å². The maximum Gasteiger partial charge on any atom is 0.229 e. The summed E-state index contributed by atoms with van der Waals surface area (Å²) in [5.41, 5.74) is 7.42. The van der Waals surface area contributed by atoms with Gasteiger partial charge in [-0.15, -0.1) is 0 Å². The SMILES string of the molecule is CC(C)C(CN)C(=O)Nc1ccc(CCO)cc1. The smallest absolute Gasteiger partial charge is 0.229 e. The molecule has 0 radical (unpaired) electrons. The van der Waals surface area contributed by atoms with Crippen LogP contribution in [0.5, 0.6) is 0 Å². The topological polar surface area (TPSA) is 75.4 Å². The van der Waals surface area contributed by atoms with Crippen LogP contribution in [-0.2, 0) is 11.2 Å². The van der Waals surface area contributed by atoms with E-state index >= 15 is 0 Å². The summed E-state index contributed by atoms with van der Waals surface area (Å²) < 4.78 is 0. The van der Waals surface area contributed by atoms with E-state index in [-0.39, 0.29) is 24.3 Å². The fourth-order valence-electron chi connectivity index (χ4n) is 1.80. The van der Waals surface area contributed by atoms with Gasteiger partial charge in [0.05, 0.1) is 5.92 Å². The fraction of sp³-hybridized carbons (Fsp3) is 0.500. The highest BCUT2D eigenvalue weighted by atomic mass is 16.2. The highest BCUT2D eigenvalue weighted by molar-refractivity contribution is 5.92. The first kappa shape index (κ1) is 14.7. The summed E-state index contributed by atoms with van der Waals surface area (Å²) in [7, 11) is 0. The molecule has 1 amide bonds. The molecular weight excluding hydrogens is 228 g/mol. The summed E-state index contributed by atoms with van der Waals surface area (Å²) in [4.78, 5) is 12.0. The largest absolute Gasteiger partial charge is 0.396 e. The van der Waals surface area contributed by atoms with Crippen molar-refractivity contribution in [1.82, 2.24) is 0 Å². The van der Waals surface area contributed by atoms with Crippen molar-refractivity contribution in [2.45, 2.75) is 20.3 Å². The lowest BCUT2D eigenvalue weighted by molar-refractivity contribution is -0.120. The molecule has 0 aliphatic heterocycles. The zero-order chi connectivity index (χ0) is 13.5. The van der Waals surface area contributed by atoms with Crippen molar-refractivity contribution >= 4 is 11.6 Å². The first-order valence-electron chi connectivity index (χ1n) is 6.29. The van der Waals surface area contributed by atoms with Gasteiger partial charge in [-0.3, -0.25) is 4.79 Å². The minimum Gasteiger partial charge on any atom is -0.396 e. The van der Waals surface area contributed by atoms with Crippen molar-refractivity contribution in [1.29, 1.82) is 0 Å². The molecule has 1 rings (SSSR count). The number of hydrogen-bond acceptors (Lipinski definition) is 3. The molecule has 0 aliphatic carbocycles. The van der Waals surface area contributed by atoms with Crippen molar-refractivity contribution in [3.05, 3.63) is 29.8 Å². The van der Waals surface area contributed by atoms with E-state index in [2.05, 4.69) is 5.32 Å². The molecule has 0 bridgehead atoms. The summed E-state index contributed by atoms with van der Waals surface area (Å²) in [6.45, 7) is 4.46. The molecule has 1 aromatic rings. The Morgan fingerprint density at radius 2 is 1.94 bits per heavy atom. The molecule has 4 N–H and O–H groups in total. The van der Waals surface area contributed by atoms with Gasteiger partial charge in [-0.25, -0.2) is 0 Å². The molecule has 4 heteroatoms. The molecule has 0 spiro atoms. The first-order chi connectivity index (χ1) is 8.58. The van der Waals surface area contributed by atoms with Crippen molar-refractivity contribution in [2.24, 2.45) is 17.6 Å². The molecular formula is C14H22N2O2. The summed E-state index contributed by atoms with van der Waals surface area (Å²) in [6.07, 6.45) is 0.631. The maximum atomic E-state index is 12.0. The number of anilines is 1. The molecule has 4 nitrogen and oxygen atoms in total. The Bertz CT molecular complexity index is 374. The van der Waals surface area contributed by atoms with Gasteiger partial charge in [-0.1, -0.05) is 26.0 Å². The van der Waals surface area contributed by atoms with E-state index < -0.39 is 0 Å². The van der Waals surface area contributed by atoms with E-state index in [1.54, 1.807) is 0 Å². The number of aliphatic hydroxyl groups is 1. The Morgan fingerprint density at radius 1 is 1.33 bits per heavy atom.